The zero-order valence-corrected chi connectivity index (χ0v) is 24.7. The first-order valence-corrected chi connectivity index (χ1v) is 15.5. The highest BCUT2D eigenvalue weighted by Gasteiger charge is 2.31. The topological polar surface area (TPSA) is 49.7 Å². The molecule has 0 amide bonds. The molecule has 1 unspecified atom stereocenters. The van der Waals surface area contributed by atoms with Crippen molar-refractivity contribution in [2.24, 2.45) is 5.92 Å². The van der Waals surface area contributed by atoms with E-state index >= 15 is 4.39 Å². The largest absolute Gasteiger partial charge is 0.505 e. The second-order valence-electron chi connectivity index (χ2n) is 12.3. The number of aliphatic hydroxyl groups excluding tert-OH is 1. The Morgan fingerprint density at radius 3 is 1.80 bits per heavy atom. The standard InChI is InChI=1S/C35H38F6O3/c1-2-3-28(42)27-15-13-24(31(37)34(27)40)20-6-4-19(5-7-20)18-44-22-10-8-21(9-11-22)23-12-14-25(32(38)30(23)36)26-16-17-29(43)35(41)33(26)39/h12-17,19-22,28,42-43H,2-11,18H2,1H3. The average Bonchev–Trinajstić information content (AvgIpc) is 3.03. The molecule has 2 aliphatic carbocycles. The summed E-state index contributed by atoms with van der Waals surface area (Å²) in [5, 5.41) is 19.4. The fourth-order valence-corrected chi connectivity index (χ4v) is 6.87. The molecule has 5 rings (SSSR count). The van der Waals surface area contributed by atoms with Gasteiger partial charge in [0.15, 0.2) is 34.8 Å². The van der Waals surface area contributed by atoms with E-state index in [0.717, 1.165) is 37.8 Å². The van der Waals surface area contributed by atoms with E-state index in [1.807, 2.05) is 6.92 Å². The number of aliphatic hydroxyl groups is 1. The van der Waals surface area contributed by atoms with E-state index in [1.165, 1.54) is 18.2 Å². The SMILES string of the molecule is CCCC(O)c1ccc(C2CCC(COC3CCC(c4ccc(-c5ccc(O)c(F)c5F)c(F)c4F)CC3)CC2)c(F)c1F. The zero-order valence-electron chi connectivity index (χ0n) is 24.7. The Balaban J connectivity index is 1.11. The van der Waals surface area contributed by atoms with Crippen LogP contribution in [0, 0.1) is 40.8 Å². The highest BCUT2D eigenvalue weighted by Crippen LogP contribution is 2.41. The number of benzene rings is 3. The summed E-state index contributed by atoms with van der Waals surface area (Å²) in [6.07, 6.45) is 5.60. The van der Waals surface area contributed by atoms with Gasteiger partial charge in [-0.1, -0.05) is 37.6 Å². The molecule has 1 atom stereocenters. The lowest BCUT2D eigenvalue weighted by molar-refractivity contribution is -0.00294. The number of aromatic hydroxyl groups is 1. The van der Waals surface area contributed by atoms with Gasteiger partial charge in [-0.05, 0) is 98.8 Å². The van der Waals surface area contributed by atoms with Crippen molar-refractivity contribution in [3.8, 4) is 16.9 Å². The second-order valence-corrected chi connectivity index (χ2v) is 12.3. The molecule has 3 aromatic rings. The van der Waals surface area contributed by atoms with Gasteiger partial charge in [-0.25, -0.2) is 22.0 Å². The van der Waals surface area contributed by atoms with Crippen LogP contribution in [0.15, 0.2) is 36.4 Å². The fourth-order valence-electron chi connectivity index (χ4n) is 6.87. The lowest BCUT2D eigenvalue weighted by Crippen LogP contribution is -2.26. The predicted molar refractivity (Wildman–Crippen MR) is 155 cm³/mol. The third-order valence-corrected chi connectivity index (χ3v) is 9.50. The number of phenols is 1. The Bertz CT molecular complexity index is 1460. The van der Waals surface area contributed by atoms with Gasteiger partial charge in [0.2, 0.25) is 5.82 Å². The fraction of sp³-hybridized carbons (Fsp3) is 0.486. The lowest BCUT2D eigenvalue weighted by Gasteiger charge is -2.33. The van der Waals surface area contributed by atoms with Gasteiger partial charge < -0.3 is 14.9 Å². The van der Waals surface area contributed by atoms with Crippen molar-refractivity contribution in [2.45, 2.75) is 95.2 Å². The first-order valence-electron chi connectivity index (χ1n) is 15.5. The second kappa shape index (κ2) is 13.9. The lowest BCUT2D eigenvalue weighted by atomic mass is 9.78. The molecule has 9 heteroatoms. The number of ether oxygens (including phenoxy) is 1. The van der Waals surface area contributed by atoms with E-state index in [0.29, 0.717) is 56.6 Å². The predicted octanol–water partition coefficient (Wildman–Crippen LogP) is 9.74. The third-order valence-electron chi connectivity index (χ3n) is 9.50. The van der Waals surface area contributed by atoms with Crippen LogP contribution < -0.4 is 0 Å². The average molecular weight is 621 g/mol. The third kappa shape index (κ3) is 6.64. The van der Waals surface area contributed by atoms with Crippen LogP contribution in [0.3, 0.4) is 0 Å². The summed E-state index contributed by atoms with van der Waals surface area (Å²) in [5.74, 6) is -8.05. The molecule has 0 radical (unpaired) electrons. The molecule has 3 nitrogen and oxygen atoms in total. The quantitative estimate of drug-likeness (QED) is 0.234. The first-order chi connectivity index (χ1) is 21.1. The van der Waals surface area contributed by atoms with Gasteiger partial charge in [-0.15, -0.1) is 0 Å². The molecule has 2 aliphatic rings. The maximum atomic E-state index is 15.1. The number of halogens is 6. The Kier molecular flexibility index (Phi) is 10.3. The monoisotopic (exact) mass is 620 g/mol. The Morgan fingerprint density at radius 2 is 1.18 bits per heavy atom. The number of rotatable bonds is 9. The van der Waals surface area contributed by atoms with E-state index < -0.39 is 57.9 Å². The molecule has 44 heavy (non-hydrogen) atoms. The van der Waals surface area contributed by atoms with Gasteiger partial charge >= 0.3 is 0 Å². The molecular weight excluding hydrogens is 582 g/mol. The molecule has 238 valence electrons. The van der Waals surface area contributed by atoms with Crippen molar-refractivity contribution in [3.63, 3.8) is 0 Å². The summed E-state index contributed by atoms with van der Waals surface area (Å²) >= 11 is 0. The van der Waals surface area contributed by atoms with Gasteiger partial charge in [0.25, 0.3) is 0 Å². The molecule has 0 aliphatic heterocycles. The molecule has 2 saturated carbocycles. The normalized spacial score (nSPS) is 23.1. The minimum absolute atomic E-state index is 0.0101. The summed E-state index contributed by atoms with van der Waals surface area (Å²) in [4.78, 5) is 0. The molecule has 0 bridgehead atoms. The Morgan fingerprint density at radius 1 is 0.659 bits per heavy atom. The summed E-state index contributed by atoms with van der Waals surface area (Å²) in [7, 11) is 0. The maximum Gasteiger partial charge on any atom is 0.200 e. The van der Waals surface area contributed by atoms with Crippen molar-refractivity contribution < 1.29 is 41.3 Å². The van der Waals surface area contributed by atoms with Crippen LogP contribution >= 0.6 is 0 Å². The van der Waals surface area contributed by atoms with E-state index in [1.54, 1.807) is 6.07 Å². The molecule has 3 aromatic carbocycles. The summed E-state index contributed by atoms with van der Waals surface area (Å²) < 4.78 is 93.9. The molecule has 0 aromatic heterocycles. The Labute approximate surface area is 253 Å². The van der Waals surface area contributed by atoms with Gasteiger partial charge in [-0.3, -0.25) is 0 Å². The molecule has 2 fully saturated rings. The molecule has 2 N–H and O–H groups in total. The van der Waals surface area contributed by atoms with Crippen molar-refractivity contribution in [2.75, 3.05) is 6.61 Å². The van der Waals surface area contributed by atoms with Gasteiger partial charge in [0.05, 0.1) is 12.2 Å². The maximum absolute atomic E-state index is 15.1. The van der Waals surface area contributed by atoms with Crippen LogP contribution in [0.1, 0.15) is 106 Å². The minimum atomic E-state index is -1.52. The van der Waals surface area contributed by atoms with E-state index in [9.17, 15) is 32.2 Å². The summed E-state index contributed by atoms with van der Waals surface area (Å²) in [6.45, 7) is 2.42. The zero-order chi connectivity index (χ0) is 31.5. The Hall–Kier alpha value is -3.04. The summed E-state index contributed by atoms with van der Waals surface area (Å²) in [5.41, 5.74) is -0.309. The van der Waals surface area contributed by atoms with E-state index in [-0.39, 0.29) is 29.1 Å². The van der Waals surface area contributed by atoms with E-state index in [2.05, 4.69) is 0 Å². The number of phenolic OH excluding ortho intramolecular Hbond substituents is 1. The minimum Gasteiger partial charge on any atom is -0.505 e. The van der Waals surface area contributed by atoms with Crippen molar-refractivity contribution in [1.29, 1.82) is 0 Å². The molecule has 0 spiro atoms. The van der Waals surface area contributed by atoms with Crippen LogP contribution in [-0.2, 0) is 4.74 Å². The highest BCUT2D eigenvalue weighted by atomic mass is 19.2. The number of hydrogen-bond acceptors (Lipinski definition) is 3. The molecule has 0 heterocycles. The van der Waals surface area contributed by atoms with Crippen LogP contribution in [-0.4, -0.2) is 22.9 Å². The number of hydrogen-bond donors (Lipinski definition) is 2. The van der Waals surface area contributed by atoms with Gasteiger partial charge in [0, 0.05) is 23.3 Å². The van der Waals surface area contributed by atoms with Gasteiger partial charge in [-0.2, -0.15) is 4.39 Å². The van der Waals surface area contributed by atoms with Gasteiger partial charge in [0.1, 0.15) is 0 Å². The molecular formula is C35H38F6O3. The van der Waals surface area contributed by atoms with Crippen molar-refractivity contribution in [1.82, 2.24) is 0 Å². The van der Waals surface area contributed by atoms with Crippen LogP contribution in [0.5, 0.6) is 5.75 Å². The summed E-state index contributed by atoms with van der Waals surface area (Å²) in [6, 6.07) is 7.68. The van der Waals surface area contributed by atoms with E-state index in [4.69, 9.17) is 4.74 Å². The van der Waals surface area contributed by atoms with Crippen molar-refractivity contribution in [3.05, 3.63) is 88.0 Å². The van der Waals surface area contributed by atoms with Crippen molar-refractivity contribution >= 4 is 0 Å². The highest BCUT2D eigenvalue weighted by molar-refractivity contribution is 5.66. The van der Waals surface area contributed by atoms with Crippen LogP contribution in [0.25, 0.3) is 11.1 Å². The first kappa shape index (κ1) is 32.4. The smallest absolute Gasteiger partial charge is 0.200 e. The van der Waals surface area contributed by atoms with Crippen LogP contribution in [0.4, 0.5) is 26.3 Å². The van der Waals surface area contributed by atoms with Crippen LogP contribution in [0.2, 0.25) is 0 Å². The molecule has 0 saturated heterocycles.